The Kier molecular flexibility index (Phi) is 6.70. The van der Waals surface area contributed by atoms with Crippen LogP contribution < -0.4 is 4.80 Å². The molecule has 0 N–H and O–H groups in total. The summed E-state index contributed by atoms with van der Waals surface area (Å²) in [5.41, 5.74) is 1.83. The second kappa shape index (κ2) is 9.42. The first-order valence-corrected chi connectivity index (χ1v) is 9.76. The van der Waals surface area contributed by atoms with Crippen LogP contribution in [0, 0.1) is 10.1 Å². The van der Waals surface area contributed by atoms with Gasteiger partial charge in [0.25, 0.3) is 11.6 Å². The summed E-state index contributed by atoms with van der Waals surface area (Å²) in [6.07, 6.45) is 0.0178. The van der Waals surface area contributed by atoms with E-state index in [1.807, 2.05) is 4.57 Å². The maximum atomic E-state index is 12.5. The molecule has 3 aromatic rings. The molecule has 0 radical (unpaired) electrons. The molecule has 0 saturated carbocycles. The molecule has 0 atom stereocenters. The van der Waals surface area contributed by atoms with Gasteiger partial charge in [0.15, 0.2) is 4.80 Å². The molecule has 0 bridgehead atoms. The van der Waals surface area contributed by atoms with Crippen molar-refractivity contribution >= 4 is 39.1 Å². The molecule has 9 nitrogen and oxygen atoms in total. The Labute approximate surface area is 175 Å². The Hall–Kier alpha value is -3.37. The number of ether oxygens (including phenoxy) is 2. The highest BCUT2D eigenvalue weighted by Gasteiger charge is 2.13. The third kappa shape index (κ3) is 4.78. The summed E-state index contributed by atoms with van der Waals surface area (Å²) < 4.78 is 12.6. The fourth-order valence-corrected chi connectivity index (χ4v) is 3.97. The number of hydrogen-bond donors (Lipinski definition) is 0. The summed E-state index contributed by atoms with van der Waals surface area (Å²) >= 11 is 1.28. The van der Waals surface area contributed by atoms with Crippen LogP contribution in [-0.2, 0) is 27.2 Å². The minimum Gasteiger partial charge on any atom is -0.465 e. The molecule has 1 aromatic heterocycles. The van der Waals surface area contributed by atoms with Crippen LogP contribution in [0.25, 0.3) is 10.2 Å². The predicted octanol–water partition coefficient (Wildman–Crippen LogP) is 2.71. The predicted molar refractivity (Wildman–Crippen MR) is 110 cm³/mol. The van der Waals surface area contributed by atoms with Gasteiger partial charge in [0.1, 0.15) is 0 Å². The van der Waals surface area contributed by atoms with Crippen LogP contribution >= 0.6 is 11.3 Å². The highest BCUT2D eigenvalue weighted by atomic mass is 32.1. The van der Waals surface area contributed by atoms with Crippen molar-refractivity contribution in [1.29, 1.82) is 0 Å². The number of benzene rings is 2. The molecule has 3 rings (SSSR count). The highest BCUT2D eigenvalue weighted by molar-refractivity contribution is 7.16. The van der Waals surface area contributed by atoms with Gasteiger partial charge >= 0.3 is 5.97 Å². The number of nitro benzene ring substituents is 1. The number of amides is 1. The molecule has 0 aliphatic carbocycles. The SMILES string of the molecule is COCCn1c(=NC(=O)Cc2ccc([N+](=O)[O-])cc2)sc2cc(C(=O)OC)ccc21. The van der Waals surface area contributed by atoms with E-state index in [0.717, 1.165) is 10.2 Å². The molecule has 0 aliphatic rings. The monoisotopic (exact) mass is 429 g/mol. The van der Waals surface area contributed by atoms with Crippen molar-refractivity contribution in [2.45, 2.75) is 13.0 Å². The van der Waals surface area contributed by atoms with Crippen molar-refractivity contribution in [3.05, 3.63) is 68.5 Å². The summed E-state index contributed by atoms with van der Waals surface area (Å²) in [5, 5.41) is 10.7. The van der Waals surface area contributed by atoms with Gasteiger partial charge in [-0.15, -0.1) is 0 Å². The van der Waals surface area contributed by atoms with Crippen molar-refractivity contribution < 1.29 is 24.0 Å². The summed E-state index contributed by atoms with van der Waals surface area (Å²) in [5.74, 6) is -0.823. The van der Waals surface area contributed by atoms with E-state index in [4.69, 9.17) is 9.47 Å². The Bertz CT molecular complexity index is 1160. The lowest BCUT2D eigenvalue weighted by Crippen LogP contribution is -2.19. The molecular formula is C20H19N3O6S. The van der Waals surface area contributed by atoms with Crippen LogP contribution in [-0.4, -0.2) is 42.2 Å². The average molecular weight is 429 g/mol. The Morgan fingerprint density at radius 3 is 2.53 bits per heavy atom. The van der Waals surface area contributed by atoms with Crippen LogP contribution in [0.15, 0.2) is 47.5 Å². The van der Waals surface area contributed by atoms with Gasteiger partial charge in [-0.3, -0.25) is 14.9 Å². The second-order valence-electron chi connectivity index (χ2n) is 6.31. The molecule has 156 valence electrons. The van der Waals surface area contributed by atoms with E-state index in [1.54, 1.807) is 25.3 Å². The van der Waals surface area contributed by atoms with Crippen molar-refractivity contribution in [1.82, 2.24) is 4.57 Å². The first-order valence-electron chi connectivity index (χ1n) is 8.94. The molecule has 0 aliphatic heterocycles. The zero-order chi connectivity index (χ0) is 21.7. The first kappa shape index (κ1) is 21.3. The topological polar surface area (TPSA) is 113 Å². The number of thiazole rings is 1. The minimum atomic E-state index is -0.492. The van der Waals surface area contributed by atoms with Crippen molar-refractivity contribution in [3.63, 3.8) is 0 Å². The number of carbonyl (C=O) groups excluding carboxylic acids is 2. The van der Waals surface area contributed by atoms with Gasteiger partial charge in [-0.1, -0.05) is 23.5 Å². The van der Waals surface area contributed by atoms with Gasteiger partial charge in [-0.05, 0) is 23.8 Å². The zero-order valence-corrected chi connectivity index (χ0v) is 17.2. The molecule has 1 amide bonds. The zero-order valence-electron chi connectivity index (χ0n) is 16.4. The average Bonchev–Trinajstić information content (AvgIpc) is 3.07. The molecule has 0 fully saturated rings. The quantitative estimate of drug-likeness (QED) is 0.324. The minimum absolute atomic E-state index is 0.0178. The lowest BCUT2D eigenvalue weighted by molar-refractivity contribution is -0.384. The number of nitro groups is 1. The number of hydrogen-bond acceptors (Lipinski definition) is 7. The molecule has 30 heavy (non-hydrogen) atoms. The maximum absolute atomic E-state index is 12.5. The number of methoxy groups -OCH3 is 2. The summed E-state index contributed by atoms with van der Waals surface area (Å²) in [6.45, 7) is 0.909. The number of non-ortho nitro benzene ring substituents is 1. The molecular weight excluding hydrogens is 410 g/mol. The Morgan fingerprint density at radius 2 is 1.90 bits per heavy atom. The maximum Gasteiger partial charge on any atom is 0.337 e. The fourth-order valence-electron chi connectivity index (χ4n) is 2.86. The van der Waals surface area contributed by atoms with Gasteiger partial charge in [-0.2, -0.15) is 4.99 Å². The number of esters is 1. The molecule has 10 heteroatoms. The van der Waals surface area contributed by atoms with E-state index in [9.17, 15) is 19.7 Å². The highest BCUT2D eigenvalue weighted by Crippen LogP contribution is 2.20. The van der Waals surface area contributed by atoms with Gasteiger partial charge in [0.05, 0.1) is 40.8 Å². The molecule has 0 saturated heterocycles. The van der Waals surface area contributed by atoms with Gasteiger partial charge in [0.2, 0.25) is 0 Å². The van der Waals surface area contributed by atoms with E-state index in [0.29, 0.717) is 29.1 Å². The Morgan fingerprint density at radius 1 is 1.17 bits per heavy atom. The van der Waals surface area contributed by atoms with Crippen LogP contribution in [0.4, 0.5) is 5.69 Å². The third-order valence-electron chi connectivity index (χ3n) is 4.35. The molecule has 2 aromatic carbocycles. The normalized spacial score (nSPS) is 11.6. The lowest BCUT2D eigenvalue weighted by atomic mass is 10.1. The first-order chi connectivity index (χ1) is 14.4. The van der Waals surface area contributed by atoms with E-state index < -0.39 is 10.9 Å². The summed E-state index contributed by atoms with van der Waals surface area (Å²) in [4.78, 5) is 39.3. The number of fused-ring (bicyclic) bond motifs is 1. The standard InChI is InChI=1S/C20H19N3O6S/c1-28-10-9-22-16-8-5-14(19(25)29-2)12-17(16)30-20(22)21-18(24)11-13-3-6-15(7-4-13)23(26)27/h3-8,12H,9-11H2,1-2H3. The van der Waals surface area contributed by atoms with Crippen molar-refractivity contribution in [2.75, 3.05) is 20.8 Å². The largest absolute Gasteiger partial charge is 0.465 e. The number of nitrogens with zero attached hydrogens (tertiary/aromatic N) is 3. The fraction of sp³-hybridized carbons (Fsp3) is 0.250. The summed E-state index contributed by atoms with van der Waals surface area (Å²) in [6, 6.07) is 10.9. The molecule has 1 heterocycles. The van der Waals surface area contributed by atoms with Gasteiger partial charge in [0, 0.05) is 25.8 Å². The molecule has 0 spiro atoms. The van der Waals surface area contributed by atoms with Crippen molar-refractivity contribution in [3.8, 4) is 0 Å². The van der Waals surface area contributed by atoms with Crippen LogP contribution in [0.3, 0.4) is 0 Å². The van der Waals surface area contributed by atoms with Gasteiger partial charge < -0.3 is 14.0 Å². The Balaban J connectivity index is 1.95. The smallest absolute Gasteiger partial charge is 0.337 e. The van der Waals surface area contributed by atoms with Crippen LogP contribution in [0.5, 0.6) is 0 Å². The number of carbonyl (C=O) groups is 2. The van der Waals surface area contributed by atoms with E-state index in [2.05, 4.69) is 4.99 Å². The summed E-state index contributed by atoms with van der Waals surface area (Å²) in [7, 11) is 2.90. The van der Waals surface area contributed by atoms with Gasteiger partial charge in [-0.25, -0.2) is 4.79 Å². The number of aromatic nitrogens is 1. The van der Waals surface area contributed by atoms with Crippen molar-refractivity contribution in [2.24, 2.45) is 4.99 Å². The van der Waals surface area contributed by atoms with Crippen LogP contribution in [0.2, 0.25) is 0 Å². The second-order valence-corrected chi connectivity index (χ2v) is 7.32. The molecule has 0 unspecified atom stereocenters. The van der Waals surface area contributed by atoms with E-state index in [-0.39, 0.29) is 18.0 Å². The van der Waals surface area contributed by atoms with E-state index >= 15 is 0 Å². The van der Waals surface area contributed by atoms with E-state index in [1.165, 1.54) is 42.7 Å². The number of rotatable bonds is 7. The lowest BCUT2D eigenvalue weighted by Gasteiger charge is -2.05. The van der Waals surface area contributed by atoms with Crippen LogP contribution in [0.1, 0.15) is 15.9 Å². The third-order valence-corrected chi connectivity index (χ3v) is 5.39.